The van der Waals surface area contributed by atoms with Crippen molar-refractivity contribution in [2.75, 3.05) is 0 Å². The molecule has 0 radical (unpaired) electrons. The van der Waals surface area contributed by atoms with Crippen LogP contribution in [0.5, 0.6) is 0 Å². The molecule has 21 heavy (non-hydrogen) atoms. The summed E-state index contributed by atoms with van der Waals surface area (Å²) in [5.41, 5.74) is 0. The molecule has 0 saturated heterocycles. The Hall–Kier alpha value is -1.97. The van der Waals surface area contributed by atoms with Crippen LogP contribution in [0.2, 0.25) is 0 Å². The molecule has 0 spiro atoms. The van der Waals surface area contributed by atoms with Crippen LogP contribution < -0.4 is 0 Å². The molecule has 0 aliphatic carbocycles. The Kier molecular flexibility index (Phi) is 13.1. The van der Waals surface area contributed by atoms with Crippen molar-refractivity contribution in [1.29, 1.82) is 0 Å². The van der Waals surface area contributed by atoms with Gasteiger partial charge in [0.25, 0.3) is 0 Å². The Morgan fingerprint density at radius 2 is 1.90 bits per heavy atom. The van der Waals surface area contributed by atoms with Crippen LogP contribution in [0.25, 0.3) is 0 Å². The molecule has 3 nitrogen and oxygen atoms in total. The minimum absolute atomic E-state index is 0.221. The van der Waals surface area contributed by atoms with Crippen molar-refractivity contribution >= 4 is 5.97 Å². The number of aliphatic hydroxyl groups excluding tert-OH is 1. The average molecular weight is 288 g/mol. The van der Waals surface area contributed by atoms with Gasteiger partial charge in [-0.15, -0.1) is 6.58 Å². The van der Waals surface area contributed by atoms with Crippen molar-refractivity contribution in [3.63, 3.8) is 0 Å². The van der Waals surface area contributed by atoms with Gasteiger partial charge < -0.3 is 10.2 Å². The van der Waals surface area contributed by atoms with Crippen LogP contribution in [0, 0.1) is 23.7 Å². The van der Waals surface area contributed by atoms with Crippen LogP contribution in [-0.4, -0.2) is 22.3 Å². The highest BCUT2D eigenvalue weighted by Gasteiger charge is 2.00. The zero-order chi connectivity index (χ0) is 15.8. The van der Waals surface area contributed by atoms with E-state index in [1.54, 1.807) is 6.08 Å². The number of hydrogen-bond acceptors (Lipinski definition) is 2. The number of carboxylic acids is 1. The topological polar surface area (TPSA) is 57.5 Å². The fraction of sp³-hybridized carbons (Fsp3) is 0.500. The molecule has 1 atom stereocenters. The fourth-order valence-electron chi connectivity index (χ4n) is 1.59. The lowest BCUT2D eigenvalue weighted by Crippen LogP contribution is -2.02. The number of aliphatic hydroxyl groups is 1. The van der Waals surface area contributed by atoms with E-state index in [-0.39, 0.29) is 6.42 Å². The van der Waals surface area contributed by atoms with Crippen molar-refractivity contribution < 1.29 is 15.0 Å². The number of carbonyl (C=O) groups is 1. The number of carboxylic acid groups (broad SMARTS) is 1. The lowest BCUT2D eigenvalue weighted by Gasteiger charge is -2.02. The highest BCUT2D eigenvalue weighted by molar-refractivity contribution is 5.66. The summed E-state index contributed by atoms with van der Waals surface area (Å²) in [4.78, 5) is 10.3. The first-order chi connectivity index (χ1) is 10.2. The summed E-state index contributed by atoms with van der Waals surface area (Å²) in [6.07, 6.45) is 11.0. The molecule has 0 heterocycles. The van der Waals surface area contributed by atoms with E-state index in [4.69, 9.17) is 5.11 Å². The zero-order valence-corrected chi connectivity index (χ0v) is 12.5. The Morgan fingerprint density at radius 3 is 2.62 bits per heavy atom. The van der Waals surface area contributed by atoms with Crippen LogP contribution in [0.4, 0.5) is 0 Å². The molecule has 114 valence electrons. The van der Waals surface area contributed by atoms with Crippen LogP contribution >= 0.6 is 0 Å². The molecule has 3 heteroatoms. The van der Waals surface area contributed by atoms with Gasteiger partial charge >= 0.3 is 5.97 Å². The lowest BCUT2D eigenvalue weighted by atomic mass is 10.1. The van der Waals surface area contributed by atoms with E-state index in [1.807, 2.05) is 12.2 Å². The summed E-state index contributed by atoms with van der Waals surface area (Å²) in [6, 6.07) is 0. The maximum Gasteiger partial charge on any atom is 0.303 e. The van der Waals surface area contributed by atoms with Gasteiger partial charge in [-0.2, -0.15) is 0 Å². The predicted molar refractivity (Wildman–Crippen MR) is 85.5 cm³/mol. The fourth-order valence-corrected chi connectivity index (χ4v) is 1.59. The molecular formula is C18H24O3. The molecule has 0 aromatic rings. The minimum Gasteiger partial charge on any atom is -0.481 e. The summed E-state index contributed by atoms with van der Waals surface area (Å²) in [7, 11) is 0. The summed E-state index contributed by atoms with van der Waals surface area (Å²) in [6.45, 7) is 3.63. The van der Waals surface area contributed by atoms with E-state index in [0.29, 0.717) is 12.8 Å². The maximum atomic E-state index is 10.3. The zero-order valence-electron chi connectivity index (χ0n) is 12.5. The van der Waals surface area contributed by atoms with Gasteiger partial charge in [0.05, 0.1) is 0 Å². The first-order valence-corrected chi connectivity index (χ1v) is 7.33. The number of unbranched alkanes of at least 4 members (excludes halogenated alkanes) is 4. The van der Waals surface area contributed by atoms with Gasteiger partial charge in [-0.25, -0.2) is 0 Å². The molecule has 0 fully saturated rings. The summed E-state index contributed by atoms with van der Waals surface area (Å²) >= 11 is 0. The maximum absolute atomic E-state index is 10.3. The van der Waals surface area contributed by atoms with Gasteiger partial charge in [0.2, 0.25) is 0 Å². The molecule has 0 saturated carbocycles. The van der Waals surface area contributed by atoms with Gasteiger partial charge in [0.15, 0.2) is 0 Å². The van der Waals surface area contributed by atoms with E-state index >= 15 is 0 Å². The second-order valence-electron chi connectivity index (χ2n) is 4.67. The highest BCUT2D eigenvalue weighted by atomic mass is 16.4. The van der Waals surface area contributed by atoms with E-state index in [1.165, 1.54) is 0 Å². The first-order valence-electron chi connectivity index (χ1n) is 7.33. The Balaban J connectivity index is 3.66. The van der Waals surface area contributed by atoms with Crippen LogP contribution in [-0.2, 0) is 4.79 Å². The Labute approximate surface area is 127 Å². The highest BCUT2D eigenvalue weighted by Crippen LogP contribution is 2.07. The lowest BCUT2D eigenvalue weighted by molar-refractivity contribution is -0.137. The molecule has 0 aliphatic heterocycles. The summed E-state index contributed by atoms with van der Waals surface area (Å²) < 4.78 is 0. The molecule has 0 aromatic heterocycles. The molecule has 2 N–H and O–H groups in total. The van der Waals surface area contributed by atoms with Crippen molar-refractivity contribution in [2.24, 2.45) is 0 Å². The molecule has 0 amide bonds. The second kappa shape index (κ2) is 14.4. The molecule has 1 unspecified atom stereocenters. The second-order valence-corrected chi connectivity index (χ2v) is 4.67. The van der Waals surface area contributed by atoms with Crippen molar-refractivity contribution in [3.05, 3.63) is 24.8 Å². The number of aliphatic carboxylic acids is 1. The van der Waals surface area contributed by atoms with E-state index in [9.17, 15) is 9.90 Å². The standard InChI is InChI=1S/C18H24O3/c1-2-3-4-5-6-7-8-11-14-17(19)15-12-9-10-13-16-18(20)21/h2,5-6,17,19H,1,3-4,9-10,12-13,15-16H2,(H,20,21). The van der Waals surface area contributed by atoms with Crippen molar-refractivity contribution in [2.45, 2.75) is 57.5 Å². The predicted octanol–water partition coefficient (Wildman–Crippen LogP) is 3.30. The number of rotatable bonds is 10. The van der Waals surface area contributed by atoms with Crippen LogP contribution in [0.3, 0.4) is 0 Å². The Bertz CT molecular complexity index is 441. The van der Waals surface area contributed by atoms with Gasteiger partial charge in [0.1, 0.15) is 6.10 Å². The normalized spacial score (nSPS) is 11.1. The minimum atomic E-state index is -0.752. The number of allylic oxidation sites excluding steroid dienone is 3. The SMILES string of the molecule is C=CCCC=CC#CC#CC(O)CCCCCCC(=O)O. The number of hydrogen-bond donors (Lipinski definition) is 2. The summed E-state index contributed by atoms with van der Waals surface area (Å²) in [5.74, 6) is 10.0. The molecule has 0 aromatic carbocycles. The molecule has 0 bridgehead atoms. The van der Waals surface area contributed by atoms with Gasteiger partial charge in [-0.3, -0.25) is 4.79 Å². The first kappa shape index (κ1) is 19.0. The molecule has 0 aliphatic rings. The van der Waals surface area contributed by atoms with Crippen LogP contribution in [0.15, 0.2) is 24.8 Å². The van der Waals surface area contributed by atoms with Gasteiger partial charge in [0, 0.05) is 6.42 Å². The van der Waals surface area contributed by atoms with E-state index in [0.717, 1.165) is 32.1 Å². The third kappa shape index (κ3) is 16.0. The van der Waals surface area contributed by atoms with E-state index < -0.39 is 12.1 Å². The average Bonchev–Trinajstić information content (AvgIpc) is 2.45. The third-order valence-electron chi connectivity index (χ3n) is 2.73. The van der Waals surface area contributed by atoms with E-state index in [2.05, 4.69) is 30.3 Å². The largest absolute Gasteiger partial charge is 0.481 e. The van der Waals surface area contributed by atoms with Gasteiger partial charge in [-0.1, -0.05) is 36.8 Å². The van der Waals surface area contributed by atoms with Crippen molar-refractivity contribution in [3.8, 4) is 23.7 Å². The Morgan fingerprint density at radius 1 is 1.14 bits per heavy atom. The van der Waals surface area contributed by atoms with Crippen molar-refractivity contribution in [1.82, 2.24) is 0 Å². The van der Waals surface area contributed by atoms with Gasteiger partial charge in [-0.05, 0) is 50.0 Å². The monoisotopic (exact) mass is 288 g/mol. The summed E-state index contributed by atoms with van der Waals surface area (Å²) in [5, 5.41) is 18.1. The van der Waals surface area contributed by atoms with Crippen LogP contribution in [0.1, 0.15) is 51.4 Å². The smallest absolute Gasteiger partial charge is 0.303 e. The molecular weight excluding hydrogens is 264 g/mol. The quantitative estimate of drug-likeness (QED) is 0.368. The third-order valence-corrected chi connectivity index (χ3v) is 2.73. The molecule has 0 rings (SSSR count).